The van der Waals surface area contributed by atoms with E-state index < -0.39 is 5.97 Å². The average Bonchev–Trinajstić information content (AvgIpc) is 1.38. The molecule has 0 bridgehead atoms. The van der Waals surface area contributed by atoms with Gasteiger partial charge in [-0.3, -0.25) is 0 Å². The Bertz CT molecular complexity index is 59.8. The Morgan fingerprint density at radius 1 is 1.83 bits per heavy atom. The third-order valence-corrected chi connectivity index (χ3v) is 0.175. The Morgan fingerprint density at radius 2 is 2.00 bits per heavy atom. The zero-order chi connectivity index (χ0) is 4.28. The number of hydrogen-bond acceptors (Lipinski definition) is 1. The maximum Gasteiger partial charge on any atom is 2.00 e. The van der Waals surface area contributed by atoms with Crippen molar-refractivity contribution in [2.45, 2.75) is 0 Å². The minimum Gasteiger partial charge on any atom is -0.478 e. The van der Waals surface area contributed by atoms with Gasteiger partial charge in [0.15, 0.2) is 0 Å². The molecule has 0 spiro atoms. The van der Waals surface area contributed by atoms with E-state index in [1.54, 1.807) is 0 Å². The Labute approximate surface area is 46.3 Å². The second kappa shape index (κ2) is 4.73. The summed E-state index contributed by atoms with van der Waals surface area (Å²) in [4.78, 5) is 9.25. The van der Waals surface area contributed by atoms with Crippen molar-refractivity contribution in [3.63, 3.8) is 0 Å². The van der Waals surface area contributed by atoms with Crippen LogP contribution in [0.1, 0.15) is 0 Å². The van der Waals surface area contributed by atoms with Gasteiger partial charge in [-0.25, -0.2) is 4.79 Å². The van der Waals surface area contributed by atoms with Crippen LogP contribution in [0.25, 0.3) is 0 Å². The third-order valence-electron chi connectivity index (χ3n) is 0.175. The van der Waals surface area contributed by atoms with E-state index in [0.29, 0.717) is 0 Å². The molecule has 0 aromatic heterocycles. The molecule has 6 heavy (non-hydrogen) atoms. The third kappa shape index (κ3) is 9.29. The molecule has 0 saturated carbocycles. The van der Waals surface area contributed by atoms with E-state index in [0.717, 1.165) is 6.08 Å². The Hall–Kier alpha value is -0.271. The first-order chi connectivity index (χ1) is 2.27. The van der Waals surface area contributed by atoms with E-state index in [-0.39, 0.29) is 17.1 Å². The molecule has 0 aromatic carbocycles. The molecule has 0 atom stereocenters. The van der Waals surface area contributed by atoms with Crippen molar-refractivity contribution in [1.82, 2.24) is 0 Å². The fourth-order valence-corrected chi connectivity index (χ4v) is 0. The molecule has 2 nitrogen and oxygen atoms in total. The number of hydrogen-bond donors (Lipinski definition) is 1. The van der Waals surface area contributed by atoms with Crippen molar-refractivity contribution in [3.05, 3.63) is 12.7 Å². The van der Waals surface area contributed by atoms with E-state index in [2.05, 4.69) is 6.58 Å². The van der Waals surface area contributed by atoms with E-state index in [4.69, 9.17) is 5.11 Å². The number of carboxylic acids is 1. The number of aliphatic carboxylic acids is 1. The summed E-state index contributed by atoms with van der Waals surface area (Å²) in [6, 6.07) is 0. The van der Waals surface area contributed by atoms with Crippen LogP contribution in [0, 0.1) is 0 Å². The van der Waals surface area contributed by atoms with E-state index in [1.807, 2.05) is 0 Å². The van der Waals surface area contributed by atoms with Crippen molar-refractivity contribution in [2.24, 2.45) is 0 Å². The standard InChI is InChI=1S/C3H4O2.Fe/c1-2-3(4)5;/h2H,1H2,(H,4,5);/q;+2. The average molecular weight is 128 g/mol. The maximum absolute atomic E-state index is 9.25. The molecule has 0 heterocycles. The SMILES string of the molecule is C=CC(=O)O.[Fe+2]. The fraction of sp³-hybridized carbons (Fsp3) is 0. The Morgan fingerprint density at radius 3 is 2.00 bits per heavy atom. The van der Waals surface area contributed by atoms with Crippen molar-refractivity contribution in [1.29, 1.82) is 0 Å². The van der Waals surface area contributed by atoms with Gasteiger partial charge in [-0.05, 0) is 0 Å². The predicted molar refractivity (Wildman–Crippen MR) is 17.8 cm³/mol. The van der Waals surface area contributed by atoms with Gasteiger partial charge in [0, 0.05) is 6.08 Å². The van der Waals surface area contributed by atoms with Crippen LogP contribution in [-0.4, -0.2) is 11.1 Å². The van der Waals surface area contributed by atoms with Crippen molar-refractivity contribution < 1.29 is 27.0 Å². The van der Waals surface area contributed by atoms with Crippen LogP contribution in [0.3, 0.4) is 0 Å². The number of carboxylic acid groups (broad SMARTS) is 1. The predicted octanol–water partition coefficient (Wildman–Crippen LogP) is 0.254. The summed E-state index contributed by atoms with van der Waals surface area (Å²) in [6.07, 6.45) is 0.833. The van der Waals surface area contributed by atoms with Gasteiger partial charge >= 0.3 is 23.0 Å². The molecular weight excluding hydrogens is 124 g/mol. The first-order valence-electron chi connectivity index (χ1n) is 1.12. The van der Waals surface area contributed by atoms with Crippen LogP contribution in [0.15, 0.2) is 12.7 Å². The van der Waals surface area contributed by atoms with E-state index >= 15 is 0 Å². The quantitative estimate of drug-likeness (QED) is 0.406. The van der Waals surface area contributed by atoms with Crippen LogP contribution < -0.4 is 0 Å². The van der Waals surface area contributed by atoms with Crippen molar-refractivity contribution in [2.75, 3.05) is 0 Å². The van der Waals surface area contributed by atoms with Gasteiger partial charge in [0.25, 0.3) is 0 Å². The van der Waals surface area contributed by atoms with E-state index in [9.17, 15) is 4.79 Å². The second-order valence-corrected chi connectivity index (χ2v) is 0.542. The molecular formula is C3H4FeO2+2. The minimum absolute atomic E-state index is 0. The molecule has 34 valence electrons. The largest absolute Gasteiger partial charge is 2.00 e. The van der Waals surface area contributed by atoms with Gasteiger partial charge in [-0.1, -0.05) is 6.58 Å². The molecule has 0 rings (SSSR count). The van der Waals surface area contributed by atoms with Crippen molar-refractivity contribution >= 4 is 5.97 Å². The van der Waals surface area contributed by atoms with E-state index in [1.165, 1.54) is 0 Å². The van der Waals surface area contributed by atoms with Crippen molar-refractivity contribution in [3.8, 4) is 0 Å². The fourth-order valence-electron chi connectivity index (χ4n) is 0. The molecule has 0 fully saturated rings. The summed E-state index contributed by atoms with van der Waals surface area (Å²) in [5.74, 6) is -0.981. The summed E-state index contributed by atoms with van der Waals surface area (Å²) in [6.45, 7) is 2.96. The molecule has 0 saturated heterocycles. The molecule has 0 amide bonds. The summed E-state index contributed by atoms with van der Waals surface area (Å²) >= 11 is 0. The maximum atomic E-state index is 9.25. The molecule has 0 aliphatic heterocycles. The van der Waals surface area contributed by atoms with Gasteiger partial charge in [0.2, 0.25) is 0 Å². The molecule has 0 aromatic rings. The first kappa shape index (κ1) is 9.21. The molecule has 0 aliphatic rings. The summed E-state index contributed by atoms with van der Waals surface area (Å²) in [5, 5.41) is 7.60. The normalized spacial score (nSPS) is 5.33. The van der Waals surface area contributed by atoms with Crippen LogP contribution in [0.2, 0.25) is 0 Å². The monoisotopic (exact) mass is 128 g/mol. The molecule has 0 unspecified atom stereocenters. The summed E-state index contributed by atoms with van der Waals surface area (Å²) in [5.41, 5.74) is 0. The smallest absolute Gasteiger partial charge is 0.478 e. The van der Waals surface area contributed by atoms with Gasteiger partial charge in [-0.2, -0.15) is 0 Å². The first-order valence-corrected chi connectivity index (χ1v) is 1.12. The molecule has 1 N–H and O–H groups in total. The zero-order valence-electron chi connectivity index (χ0n) is 2.99. The van der Waals surface area contributed by atoms with Crippen LogP contribution in [0.4, 0.5) is 0 Å². The minimum atomic E-state index is -0.981. The van der Waals surface area contributed by atoms with Gasteiger partial charge in [-0.15, -0.1) is 0 Å². The van der Waals surface area contributed by atoms with Gasteiger partial charge in [0.05, 0.1) is 0 Å². The molecule has 0 radical (unpaired) electrons. The van der Waals surface area contributed by atoms with Crippen LogP contribution in [-0.2, 0) is 21.9 Å². The topological polar surface area (TPSA) is 37.3 Å². The number of rotatable bonds is 1. The second-order valence-electron chi connectivity index (χ2n) is 0.542. The summed E-state index contributed by atoms with van der Waals surface area (Å²) < 4.78 is 0. The molecule has 3 heteroatoms. The Balaban J connectivity index is 0. The number of carbonyl (C=O) groups is 1. The van der Waals surface area contributed by atoms with Gasteiger partial charge < -0.3 is 5.11 Å². The van der Waals surface area contributed by atoms with Crippen LogP contribution in [0.5, 0.6) is 0 Å². The zero-order valence-corrected chi connectivity index (χ0v) is 4.10. The Kier molecular flexibility index (Phi) is 7.26. The summed E-state index contributed by atoms with van der Waals surface area (Å²) in [7, 11) is 0. The van der Waals surface area contributed by atoms with Gasteiger partial charge in [0.1, 0.15) is 0 Å². The van der Waals surface area contributed by atoms with Crippen LogP contribution >= 0.6 is 0 Å². The molecule has 0 aliphatic carbocycles.